The average molecular weight is 366 g/mol. The minimum absolute atomic E-state index is 0.0665. The van der Waals surface area contributed by atoms with Crippen LogP contribution in [0.2, 0.25) is 0 Å². The highest BCUT2D eigenvalue weighted by molar-refractivity contribution is 5.94. The summed E-state index contributed by atoms with van der Waals surface area (Å²) >= 11 is 0. The number of carbonyl (C=O) groups excluding carboxylic acids is 1. The summed E-state index contributed by atoms with van der Waals surface area (Å²) in [4.78, 5) is 16.8. The van der Waals surface area contributed by atoms with Gasteiger partial charge >= 0.3 is 0 Å². The normalized spacial score (nSPS) is 15.1. The first-order chi connectivity index (χ1) is 13.2. The molecule has 0 saturated carbocycles. The zero-order valence-electron chi connectivity index (χ0n) is 15.2. The van der Waals surface area contributed by atoms with Gasteiger partial charge in [0.15, 0.2) is 5.76 Å². The lowest BCUT2D eigenvalue weighted by Gasteiger charge is -2.34. The number of ether oxygens (including phenoxy) is 1. The highest BCUT2D eigenvalue weighted by Crippen LogP contribution is 2.21. The van der Waals surface area contributed by atoms with E-state index in [4.69, 9.17) is 9.15 Å². The number of nitrogens with zero attached hydrogens (tertiary/aromatic N) is 3. The van der Waals surface area contributed by atoms with E-state index in [1.807, 2.05) is 47.4 Å². The van der Waals surface area contributed by atoms with Gasteiger partial charge in [-0.3, -0.25) is 14.8 Å². The van der Waals surface area contributed by atoms with Crippen LogP contribution in [0, 0.1) is 0 Å². The van der Waals surface area contributed by atoms with E-state index in [9.17, 15) is 4.79 Å². The summed E-state index contributed by atoms with van der Waals surface area (Å²) in [6.45, 7) is 3.79. The van der Waals surface area contributed by atoms with Crippen molar-refractivity contribution in [3.63, 3.8) is 0 Å². The van der Waals surface area contributed by atoms with Crippen molar-refractivity contribution < 1.29 is 13.9 Å². The Morgan fingerprint density at radius 2 is 1.89 bits per heavy atom. The second kappa shape index (κ2) is 7.67. The second-order valence-electron chi connectivity index (χ2n) is 6.53. The Morgan fingerprint density at radius 1 is 1.11 bits per heavy atom. The van der Waals surface area contributed by atoms with Crippen molar-refractivity contribution in [2.45, 2.75) is 6.54 Å². The van der Waals surface area contributed by atoms with Gasteiger partial charge in [0.05, 0.1) is 13.7 Å². The van der Waals surface area contributed by atoms with Crippen LogP contribution < -0.4 is 4.74 Å². The quantitative estimate of drug-likeness (QED) is 0.751. The number of piperazine rings is 1. The van der Waals surface area contributed by atoms with Gasteiger partial charge in [-0.05, 0) is 42.5 Å². The molecule has 0 bridgehead atoms. The van der Waals surface area contributed by atoms with Crippen LogP contribution in [0.15, 0.2) is 53.1 Å². The van der Waals surface area contributed by atoms with E-state index in [2.05, 4.69) is 15.1 Å². The number of aromatic amines is 1. The molecule has 0 aliphatic carbocycles. The standard InChI is InChI=1S/C20H22N4O3/c1-26-16-4-2-15(3-5-16)20(25)24-12-10-23(11-13-24)14-17-6-7-19(27-17)18-8-9-21-22-18/h2-9H,10-14H2,1H3,(H,21,22). The Bertz CT molecular complexity index is 878. The van der Waals surface area contributed by atoms with Crippen LogP contribution in [0.1, 0.15) is 16.1 Å². The van der Waals surface area contributed by atoms with Crippen LogP contribution in [0.25, 0.3) is 11.5 Å². The summed E-state index contributed by atoms with van der Waals surface area (Å²) in [5.41, 5.74) is 1.57. The SMILES string of the molecule is COc1ccc(C(=O)N2CCN(Cc3ccc(-c4ccn[nH]4)o3)CC2)cc1. The molecule has 27 heavy (non-hydrogen) atoms. The Balaban J connectivity index is 1.31. The van der Waals surface area contributed by atoms with Gasteiger partial charge in [0.1, 0.15) is 17.2 Å². The Morgan fingerprint density at radius 3 is 2.56 bits per heavy atom. The molecular formula is C20H22N4O3. The molecule has 1 saturated heterocycles. The molecule has 0 radical (unpaired) electrons. The first kappa shape index (κ1) is 17.4. The maximum atomic E-state index is 12.6. The van der Waals surface area contributed by atoms with E-state index >= 15 is 0 Å². The van der Waals surface area contributed by atoms with Crippen LogP contribution in [0.4, 0.5) is 0 Å². The number of aromatic nitrogens is 2. The van der Waals surface area contributed by atoms with Crippen molar-refractivity contribution in [2.75, 3.05) is 33.3 Å². The zero-order chi connectivity index (χ0) is 18.6. The van der Waals surface area contributed by atoms with E-state index in [0.717, 1.165) is 42.6 Å². The highest BCUT2D eigenvalue weighted by Gasteiger charge is 2.23. The van der Waals surface area contributed by atoms with Crippen molar-refractivity contribution in [3.8, 4) is 17.2 Å². The Hall–Kier alpha value is -3.06. The molecule has 1 N–H and O–H groups in total. The maximum Gasteiger partial charge on any atom is 0.253 e. The Kier molecular flexibility index (Phi) is 4.93. The molecule has 1 aromatic carbocycles. The van der Waals surface area contributed by atoms with Gasteiger partial charge < -0.3 is 14.1 Å². The second-order valence-corrected chi connectivity index (χ2v) is 6.53. The van der Waals surface area contributed by atoms with Gasteiger partial charge in [0, 0.05) is 37.9 Å². The van der Waals surface area contributed by atoms with Crippen molar-refractivity contribution in [3.05, 3.63) is 60.0 Å². The molecule has 7 heteroatoms. The summed E-state index contributed by atoms with van der Waals surface area (Å²) in [5, 5.41) is 6.85. The van der Waals surface area contributed by atoms with Crippen molar-refractivity contribution in [1.29, 1.82) is 0 Å². The third kappa shape index (κ3) is 3.88. The zero-order valence-corrected chi connectivity index (χ0v) is 15.2. The number of carbonyl (C=O) groups is 1. The minimum atomic E-state index is 0.0665. The van der Waals surface area contributed by atoms with Gasteiger partial charge in [0.2, 0.25) is 0 Å². The van der Waals surface area contributed by atoms with E-state index in [-0.39, 0.29) is 5.91 Å². The predicted octanol–water partition coefficient (Wildman–Crippen LogP) is 2.64. The molecule has 1 fully saturated rings. The number of furan rings is 1. The molecule has 2 aromatic heterocycles. The molecule has 0 unspecified atom stereocenters. The van der Waals surface area contributed by atoms with Gasteiger partial charge in [-0.1, -0.05) is 0 Å². The molecule has 1 amide bonds. The number of amides is 1. The van der Waals surface area contributed by atoms with Crippen molar-refractivity contribution in [2.24, 2.45) is 0 Å². The number of benzene rings is 1. The molecule has 3 aromatic rings. The van der Waals surface area contributed by atoms with Gasteiger partial charge in [-0.2, -0.15) is 5.10 Å². The summed E-state index contributed by atoms with van der Waals surface area (Å²) in [7, 11) is 1.62. The largest absolute Gasteiger partial charge is 0.497 e. The number of hydrogen-bond donors (Lipinski definition) is 1. The summed E-state index contributed by atoms with van der Waals surface area (Å²) in [6, 6.07) is 13.1. The monoisotopic (exact) mass is 366 g/mol. The predicted molar refractivity (Wildman–Crippen MR) is 100 cm³/mol. The van der Waals surface area contributed by atoms with Gasteiger partial charge in [0.25, 0.3) is 5.91 Å². The molecular weight excluding hydrogens is 344 g/mol. The fourth-order valence-electron chi connectivity index (χ4n) is 3.25. The lowest BCUT2D eigenvalue weighted by Crippen LogP contribution is -2.48. The van der Waals surface area contributed by atoms with Crippen molar-refractivity contribution >= 4 is 5.91 Å². The molecule has 0 atom stereocenters. The van der Waals surface area contributed by atoms with Crippen molar-refractivity contribution in [1.82, 2.24) is 20.0 Å². The van der Waals surface area contributed by atoms with Crippen LogP contribution in [0.3, 0.4) is 0 Å². The highest BCUT2D eigenvalue weighted by atomic mass is 16.5. The fourth-order valence-corrected chi connectivity index (χ4v) is 3.25. The molecule has 7 nitrogen and oxygen atoms in total. The van der Waals surface area contributed by atoms with Crippen LogP contribution in [0.5, 0.6) is 5.75 Å². The average Bonchev–Trinajstić information content (AvgIpc) is 3.40. The number of rotatable bonds is 5. The van der Waals surface area contributed by atoms with Crippen LogP contribution >= 0.6 is 0 Å². The van der Waals surface area contributed by atoms with Gasteiger partial charge in [-0.25, -0.2) is 0 Å². The van der Waals surface area contributed by atoms with Gasteiger partial charge in [-0.15, -0.1) is 0 Å². The molecule has 4 rings (SSSR count). The number of methoxy groups -OCH3 is 1. The molecule has 140 valence electrons. The minimum Gasteiger partial charge on any atom is -0.497 e. The van der Waals surface area contributed by atoms with E-state index in [0.29, 0.717) is 18.7 Å². The Labute approximate surface area is 157 Å². The smallest absolute Gasteiger partial charge is 0.253 e. The lowest BCUT2D eigenvalue weighted by molar-refractivity contribution is 0.0620. The summed E-state index contributed by atoms with van der Waals surface area (Å²) < 4.78 is 11.0. The first-order valence-electron chi connectivity index (χ1n) is 8.97. The maximum absolute atomic E-state index is 12.6. The molecule has 0 spiro atoms. The molecule has 1 aliphatic rings. The number of hydrogen-bond acceptors (Lipinski definition) is 5. The summed E-state index contributed by atoms with van der Waals surface area (Å²) in [6.07, 6.45) is 1.70. The molecule has 1 aliphatic heterocycles. The number of nitrogens with one attached hydrogen (secondary N) is 1. The van der Waals surface area contributed by atoms with E-state index in [1.165, 1.54) is 0 Å². The molecule has 3 heterocycles. The first-order valence-corrected chi connectivity index (χ1v) is 8.97. The lowest BCUT2D eigenvalue weighted by atomic mass is 10.1. The fraction of sp³-hybridized carbons (Fsp3) is 0.300. The third-order valence-electron chi connectivity index (χ3n) is 4.80. The van der Waals surface area contributed by atoms with Crippen LogP contribution in [-0.2, 0) is 6.54 Å². The topological polar surface area (TPSA) is 74.6 Å². The number of H-pyrrole nitrogens is 1. The van der Waals surface area contributed by atoms with Crippen LogP contribution in [-0.4, -0.2) is 59.2 Å². The van der Waals surface area contributed by atoms with E-state index in [1.54, 1.807) is 13.3 Å². The summed E-state index contributed by atoms with van der Waals surface area (Å²) in [5.74, 6) is 2.52. The van der Waals surface area contributed by atoms with E-state index < -0.39 is 0 Å². The third-order valence-corrected chi connectivity index (χ3v) is 4.80.